The summed E-state index contributed by atoms with van der Waals surface area (Å²) in [7, 11) is 6.26. The summed E-state index contributed by atoms with van der Waals surface area (Å²) in [5, 5.41) is 0.218. The van der Waals surface area contributed by atoms with Gasteiger partial charge in [-0.15, -0.1) is 0 Å². The number of rotatable bonds is 7. The van der Waals surface area contributed by atoms with Crippen LogP contribution in [0.15, 0.2) is 27.8 Å². The summed E-state index contributed by atoms with van der Waals surface area (Å²) in [5.41, 5.74) is -0.488. The standard InChI is InChI=1S/C24H30ClFN6O4/c1-28(11-12-36-4)21(33)15-7-6-10-31(13-15)23-27-20-19(22(34)30(3)24(35)29(20)2)32(23)14-16-17(25)8-5-9-18(16)26/h5,8-9,15H,6-7,10-14H2,1-4H3. The molecule has 1 aliphatic rings. The predicted octanol–water partition coefficient (Wildman–Crippen LogP) is 1.60. The van der Waals surface area contributed by atoms with Gasteiger partial charge in [0.2, 0.25) is 11.9 Å². The van der Waals surface area contributed by atoms with E-state index in [1.54, 1.807) is 29.7 Å². The molecular formula is C24H30ClFN6O4. The van der Waals surface area contributed by atoms with Gasteiger partial charge in [0, 0.05) is 58.5 Å². The molecule has 12 heteroatoms. The fourth-order valence-corrected chi connectivity index (χ4v) is 4.90. The van der Waals surface area contributed by atoms with E-state index >= 15 is 0 Å². The van der Waals surface area contributed by atoms with E-state index in [0.29, 0.717) is 38.6 Å². The zero-order valence-electron chi connectivity index (χ0n) is 20.8. The number of imidazole rings is 1. The summed E-state index contributed by atoms with van der Waals surface area (Å²) in [5.74, 6) is -0.402. The number of likely N-dealkylation sites (N-methyl/N-ethyl adjacent to an activating group) is 1. The molecule has 10 nitrogen and oxygen atoms in total. The first-order valence-corrected chi connectivity index (χ1v) is 12.1. The van der Waals surface area contributed by atoms with E-state index in [1.165, 1.54) is 30.8 Å². The number of carbonyl (C=O) groups excluding carboxylic acids is 1. The maximum absolute atomic E-state index is 14.8. The third-order valence-corrected chi connectivity index (χ3v) is 7.12. The second kappa shape index (κ2) is 10.4. The number of amides is 1. The lowest BCUT2D eigenvalue weighted by molar-refractivity contribution is -0.135. The van der Waals surface area contributed by atoms with Crippen molar-refractivity contribution in [3.05, 3.63) is 55.4 Å². The molecule has 0 saturated carbocycles. The minimum atomic E-state index is -0.539. The molecule has 1 unspecified atom stereocenters. The van der Waals surface area contributed by atoms with Crippen LogP contribution >= 0.6 is 11.6 Å². The molecule has 2 aromatic heterocycles. The highest BCUT2D eigenvalue weighted by atomic mass is 35.5. The molecular weight excluding hydrogens is 491 g/mol. The Labute approximate surface area is 212 Å². The highest BCUT2D eigenvalue weighted by molar-refractivity contribution is 6.31. The fourth-order valence-electron chi connectivity index (χ4n) is 4.68. The van der Waals surface area contributed by atoms with Crippen LogP contribution in [0, 0.1) is 11.7 Å². The molecule has 36 heavy (non-hydrogen) atoms. The zero-order chi connectivity index (χ0) is 26.1. The van der Waals surface area contributed by atoms with Gasteiger partial charge in [0.25, 0.3) is 5.56 Å². The van der Waals surface area contributed by atoms with E-state index in [-0.39, 0.29) is 40.1 Å². The number of aryl methyl sites for hydroxylation is 1. The summed E-state index contributed by atoms with van der Waals surface area (Å²) >= 11 is 6.32. The van der Waals surface area contributed by atoms with Crippen LogP contribution in [-0.4, -0.2) is 69.9 Å². The molecule has 0 N–H and O–H groups in total. The van der Waals surface area contributed by atoms with Crippen molar-refractivity contribution in [3.63, 3.8) is 0 Å². The number of fused-ring (bicyclic) bond motifs is 1. The Morgan fingerprint density at radius 2 is 2.03 bits per heavy atom. The zero-order valence-corrected chi connectivity index (χ0v) is 21.6. The molecule has 194 valence electrons. The summed E-state index contributed by atoms with van der Waals surface area (Å²) in [6.45, 7) is 1.82. The van der Waals surface area contributed by atoms with Crippen molar-refractivity contribution in [2.45, 2.75) is 19.4 Å². The Hall–Kier alpha value is -3.18. The first-order valence-electron chi connectivity index (χ1n) is 11.7. The van der Waals surface area contributed by atoms with Crippen LogP contribution in [0.1, 0.15) is 18.4 Å². The van der Waals surface area contributed by atoms with Gasteiger partial charge in [-0.2, -0.15) is 4.98 Å². The van der Waals surface area contributed by atoms with Crippen LogP contribution < -0.4 is 16.1 Å². The molecule has 0 aliphatic carbocycles. The molecule has 1 fully saturated rings. The number of piperidine rings is 1. The first kappa shape index (κ1) is 25.9. The minimum Gasteiger partial charge on any atom is -0.383 e. The van der Waals surface area contributed by atoms with Gasteiger partial charge >= 0.3 is 5.69 Å². The fraction of sp³-hybridized carbons (Fsp3) is 0.500. The molecule has 0 bridgehead atoms. The molecule has 1 aromatic carbocycles. The monoisotopic (exact) mass is 520 g/mol. The highest BCUT2D eigenvalue weighted by Crippen LogP contribution is 2.29. The van der Waals surface area contributed by atoms with Crippen LogP contribution in [0.2, 0.25) is 5.02 Å². The van der Waals surface area contributed by atoms with E-state index < -0.39 is 17.1 Å². The van der Waals surface area contributed by atoms with Gasteiger partial charge in [-0.05, 0) is 25.0 Å². The second-order valence-corrected chi connectivity index (χ2v) is 9.52. The maximum atomic E-state index is 14.8. The molecule has 1 aliphatic heterocycles. The maximum Gasteiger partial charge on any atom is 0.332 e. The van der Waals surface area contributed by atoms with Gasteiger partial charge in [0.05, 0.1) is 19.1 Å². The molecule has 1 saturated heterocycles. The van der Waals surface area contributed by atoms with E-state index in [4.69, 9.17) is 16.3 Å². The Balaban J connectivity index is 1.82. The van der Waals surface area contributed by atoms with Gasteiger partial charge in [-0.25, -0.2) is 9.18 Å². The molecule has 3 heterocycles. The largest absolute Gasteiger partial charge is 0.383 e. The Kier molecular flexibility index (Phi) is 7.51. The van der Waals surface area contributed by atoms with Crippen molar-refractivity contribution in [1.29, 1.82) is 0 Å². The number of anilines is 1. The first-order chi connectivity index (χ1) is 17.1. The van der Waals surface area contributed by atoms with Gasteiger partial charge in [0.15, 0.2) is 11.2 Å². The Morgan fingerprint density at radius 3 is 2.72 bits per heavy atom. The normalized spacial score (nSPS) is 16.1. The number of hydrogen-bond donors (Lipinski definition) is 0. The highest BCUT2D eigenvalue weighted by Gasteiger charge is 2.32. The number of carbonyl (C=O) groups is 1. The van der Waals surface area contributed by atoms with Gasteiger partial charge < -0.3 is 14.5 Å². The van der Waals surface area contributed by atoms with E-state index in [1.807, 2.05) is 4.90 Å². The average molecular weight is 521 g/mol. The lowest BCUT2D eigenvalue weighted by Crippen LogP contribution is -2.45. The average Bonchev–Trinajstić information content (AvgIpc) is 3.26. The lowest BCUT2D eigenvalue weighted by Gasteiger charge is -2.34. The van der Waals surface area contributed by atoms with Crippen LogP contribution in [0.5, 0.6) is 0 Å². The van der Waals surface area contributed by atoms with Crippen LogP contribution in [0.3, 0.4) is 0 Å². The number of ether oxygens (including phenoxy) is 1. The number of halogens is 2. The van der Waals surface area contributed by atoms with E-state index in [0.717, 1.165) is 11.0 Å². The summed E-state index contributed by atoms with van der Waals surface area (Å²) in [6, 6.07) is 4.40. The molecule has 0 radical (unpaired) electrons. The molecule has 1 atom stereocenters. The number of aromatic nitrogens is 4. The van der Waals surface area contributed by atoms with Crippen LogP contribution in [-0.2, 0) is 30.2 Å². The Morgan fingerprint density at radius 1 is 1.28 bits per heavy atom. The number of methoxy groups -OCH3 is 1. The predicted molar refractivity (Wildman–Crippen MR) is 135 cm³/mol. The van der Waals surface area contributed by atoms with Gasteiger partial charge in [0.1, 0.15) is 5.82 Å². The van der Waals surface area contributed by atoms with Crippen LogP contribution in [0.4, 0.5) is 10.3 Å². The number of benzene rings is 1. The van der Waals surface area contributed by atoms with Gasteiger partial charge in [-0.3, -0.25) is 23.3 Å². The van der Waals surface area contributed by atoms with Crippen molar-refractivity contribution in [3.8, 4) is 0 Å². The summed E-state index contributed by atoms with van der Waals surface area (Å²) < 4.78 is 23.8. The third-order valence-electron chi connectivity index (χ3n) is 6.77. The minimum absolute atomic E-state index is 0.000117. The number of hydrogen-bond acceptors (Lipinski definition) is 6. The SMILES string of the molecule is COCCN(C)C(=O)C1CCCN(c2nc3c(c(=O)n(C)c(=O)n3C)n2Cc2c(F)cccc2Cl)C1. The number of nitrogens with zero attached hydrogens (tertiary/aromatic N) is 6. The van der Waals surface area contributed by atoms with Crippen molar-refractivity contribution in [2.24, 2.45) is 20.0 Å². The van der Waals surface area contributed by atoms with Crippen molar-refractivity contribution < 1.29 is 13.9 Å². The molecule has 4 rings (SSSR count). The van der Waals surface area contributed by atoms with E-state index in [9.17, 15) is 18.8 Å². The molecule has 0 spiro atoms. The van der Waals surface area contributed by atoms with Crippen LogP contribution in [0.25, 0.3) is 11.2 Å². The Bertz CT molecular complexity index is 1390. The third kappa shape index (κ3) is 4.64. The van der Waals surface area contributed by atoms with Crippen molar-refractivity contribution >= 4 is 34.6 Å². The molecule has 1 amide bonds. The summed E-state index contributed by atoms with van der Waals surface area (Å²) in [4.78, 5) is 47.1. The van der Waals surface area contributed by atoms with E-state index in [2.05, 4.69) is 4.98 Å². The topological polar surface area (TPSA) is 94.6 Å². The second-order valence-electron chi connectivity index (χ2n) is 9.11. The van der Waals surface area contributed by atoms with Crippen molar-refractivity contribution in [2.75, 3.05) is 45.3 Å². The molecule has 3 aromatic rings. The lowest BCUT2D eigenvalue weighted by atomic mass is 9.97. The van der Waals surface area contributed by atoms with Gasteiger partial charge in [-0.1, -0.05) is 17.7 Å². The van der Waals surface area contributed by atoms with Crippen molar-refractivity contribution in [1.82, 2.24) is 23.6 Å². The summed E-state index contributed by atoms with van der Waals surface area (Å²) in [6.07, 6.45) is 1.45. The smallest absolute Gasteiger partial charge is 0.332 e. The quantitative estimate of drug-likeness (QED) is 0.469.